The highest BCUT2D eigenvalue weighted by Gasteiger charge is 2.61. The smallest absolute Gasteiger partial charge is 0.408 e. The Balaban J connectivity index is 1.08. The third-order valence-electron chi connectivity index (χ3n) is 12.8. The van der Waals surface area contributed by atoms with Crippen molar-refractivity contribution in [3.8, 4) is 22.9 Å². The highest BCUT2D eigenvalue weighted by atomic mass is 32.1. The number of rotatable bonds is 11. The topological polar surface area (TPSA) is 219 Å². The zero-order chi connectivity index (χ0) is 47.8. The number of anilines is 1. The normalized spacial score (nSPS) is 23.7. The number of hydrogen-bond donors (Lipinski definition) is 4. The largest absolute Gasteiger partial charge is 0.497 e. The second-order valence-electron chi connectivity index (χ2n) is 19.1. The summed E-state index contributed by atoms with van der Waals surface area (Å²) in [5.41, 5.74) is -0.0342. The number of benzene rings is 2. The molecule has 1 unspecified atom stereocenters. The number of nitrogens with one attached hydrogen (secondary N) is 3. The van der Waals surface area contributed by atoms with Crippen LogP contribution in [0, 0.1) is 11.3 Å². The van der Waals surface area contributed by atoms with E-state index in [1.807, 2.05) is 58.2 Å². The van der Waals surface area contributed by atoms with Gasteiger partial charge in [0.25, 0.3) is 11.8 Å². The molecule has 0 spiro atoms. The van der Waals surface area contributed by atoms with Crippen molar-refractivity contribution in [2.75, 3.05) is 25.5 Å². The molecular formula is C49H57N7O10S. The monoisotopic (exact) mass is 935 g/mol. The molecule has 5 heterocycles. The molecule has 1 saturated carbocycles. The van der Waals surface area contributed by atoms with E-state index in [0.717, 1.165) is 16.5 Å². The highest BCUT2D eigenvalue weighted by molar-refractivity contribution is 7.14. The number of ether oxygens (including phenoxy) is 3. The number of thiazole rings is 1. The van der Waals surface area contributed by atoms with Crippen LogP contribution in [0.2, 0.25) is 0 Å². The van der Waals surface area contributed by atoms with Gasteiger partial charge in [-0.2, -0.15) is 0 Å². The van der Waals surface area contributed by atoms with Crippen LogP contribution in [0.25, 0.3) is 22.3 Å². The number of hydrogen-bond acceptors (Lipinski definition) is 13. The predicted octanol–water partition coefficient (Wildman–Crippen LogP) is 6.82. The Kier molecular flexibility index (Phi) is 13.3. The summed E-state index contributed by atoms with van der Waals surface area (Å²) in [6, 6.07) is 11.5. The van der Waals surface area contributed by atoms with Crippen molar-refractivity contribution in [2.24, 2.45) is 11.3 Å². The standard InChI is InChI=1S/C49H57N7O10S/c1-27(2)50-46-52-37(26-67-46)36-22-39(33-19-18-29(64-6)20-35(33)51-36)65-30-21-38-41(57)54-49(45(61)62)23-28(49)14-10-8-7-9-11-17-34(44(60)55(38)24-30)53-47(63)66-40(48(3,4)5)25-56-42(58)31-15-12-13-16-32(31)43(56)59/h10,12-16,18-20,22,26-28,30,34,38,40H,7-9,11,17,21,23-25H2,1-6H3,(H,50,52)(H,53,63)(H,54,57)(H,61,62)/t28?,30-,34+,38+,40-,49-/m1/s1. The molecule has 3 aliphatic heterocycles. The maximum absolute atomic E-state index is 15.0. The Hall–Kier alpha value is -6.56. The number of pyridine rings is 1. The first kappa shape index (κ1) is 47.0. The predicted molar refractivity (Wildman–Crippen MR) is 250 cm³/mol. The number of allylic oxidation sites excluding steroid dienone is 1. The molecule has 2 aromatic carbocycles. The summed E-state index contributed by atoms with van der Waals surface area (Å²) < 4.78 is 18.3. The Morgan fingerprint density at radius 1 is 1.00 bits per heavy atom. The van der Waals surface area contributed by atoms with Crippen LogP contribution >= 0.6 is 11.3 Å². The van der Waals surface area contributed by atoms with E-state index in [1.165, 1.54) is 16.2 Å². The number of imide groups is 1. The molecule has 5 amide bonds. The van der Waals surface area contributed by atoms with Gasteiger partial charge in [0.05, 0.1) is 42.5 Å². The fourth-order valence-corrected chi connectivity index (χ4v) is 9.78. The zero-order valence-corrected chi connectivity index (χ0v) is 39.3. The maximum Gasteiger partial charge on any atom is 0.408 e. The zero-order valence-electron chi connectivity index (χ0n) is 38.5. The molecule has 6 atom stereocenters. The van der Waals surface area contributed by atoms with E-state index in [1.54, 1.807) is 49.6 Å². The molecule has 1 aliphatic carbocycles. The molecule has 4 aromatic rings. The average Bonchev–Trinajstić information content (AvgIpc) is 3.51. The second-order valence-corrected chi connectivity index (χ2v) is 19.9. The van der Waals surface area contributed by atoms with Crippen molar-refractivity contribution in [2.45, 2.75) is 115 Å². The van der Waals surface area contributed by atoms with E-state index in [-0.39, 0.29) is 49.5 Å². The quantitative estimate of drug-likeness (QED) is 0.0898. The van der Waals surface area contributed by atoms with Gasteiger partial charge in [-0.25, -0.2) is 19.6 Å². The summed E-state index contributed by atoms with van der Waals surface area (Å²) in [4.78, 5) is 94.9. The lowest BCUT2D eigenvalue weighted by Gasteiger charge is -2.34. The van der Waals surface area contributed by atoms with E-state index >= 15 is 0 Å². The summed E-state index contributed by atoms with van der Waals surface area (Å²) in [7, 11) is 1.56. The number of aromatic nitrogens is 2. The van der Waals surface area contributed by atoms with Crippen LogP contribution in [0.4, 0.5) is 9.93 Å². The lowest BCUT2D eigenvalue weighted by Crippen LogP contribution is -2.56. The van der Waals surface area contributed by atoms with E-state index < -0.39 is 76.9 Å². The molecule has 2 fully saturated rings. The Morgan fingerprint density at radius 3 is 2.43 bits per heavy atom. The number of carbonyl (C=O) groups excluding carboxylic acids is 5. The number of carboxylic acid groups (broad SMARTS) is 1. The minimum Gasteiger partial charge on any atom is -0.497 e. The van der Waals surface area contributed by atoms with Crippen molar-refractivity contribution < 1.29 is 48.1 Å². The Morgan fingerprint density at radius 2 is 1.75 bits per heavy atom. The third-order valence-corrected chi connectivity index (χ3v) is 13.6. The molecule has 2 aromatic heterocycles. The SMILES string of the molecule is COc1ccc2c(O[C@@H]3C[C@H]4C(=O)N[C@]5(C(=O)O)CC5C=CCCCCC[C@H](NC(=O)O[C@H](CN5C(=O)c6ccccc6C5=O)C(C)(C)C)C(=O)N4C3)cc(-c3csc(NC(C)C)n3)nc2c1. The van der Waals surface area contributed by atoms with Crippen LogP contribution in [0.3, 0.4) is 0 Å². The highest BCUT2D eigenvalue weighted by Crippen LogP contribution is 2.46. The van der Waals surface area contributed by atoms with Crippen molar-refractivity contribution in [3.05, 3.63) is 77.2 Å². The number of aliphatic carboxylic acids is 1. The van der Waals surface area contributed by atoms with Gasteiger partial charge in [0.2, 0.25) is 11.8 Å². The Labute approximate surface area is 392 Å². The number of alkyl carbamates (subject to hydrolysis) is 1. The Bertz CT molecular complexity index is 2590. The fraction of sp³-hybridized carbons (Fsp3) is 0.469. The number of nitrogens with zero attached hydrogens (tertiary/aromatic N) is 4. The van der Waals surface area contributed by atoms with Gasteiger partial charge < -0.3 is 40.2 Å². The average molecular weight is 936 g/mol. The molecule has 0 radical (unpaired) electrons. The number of carboxylic acids is 1. The summed E-state index contributed by atoms with van der Waals surface area (Å²) in [6.07, 6.45) is 4.18. The molecular weight excluding hydrogens is 879 g/mol. The molecule has 4 N–H and O–H groups in total. The van der Waals surface area contributed by atoms with E-state index in [9.17, 15) is 33.9 Å². The maximum atomic E-state index is 15.0. The van der Waals surface area contributed by atoms with Gasteiger partial charge >= 0.3 is 12.1 Å². The van der Waals surface area contributed by atoms with Crippen LogP contribution in [0.15, 0.2) is 66.1 Å². The van der Waals surface area contributed by atoms with Crippen LogP contribution in [-0.2, 0) is 19.1 Å². The molecule has 67 heavy (non-hydrogen) atoms. The van der Waals surface area contributed by atoms with E-state index in [0.29, 0.717) is 53.1 Å². The third kappa shape index (κ3) is 9.94. The molecule has 8 rings (SSSR count). The number of fused-ring (bicyclic) bond motifs is 4. The molecule has 4 aliphatic rings. The summed E-state index contributed by atoms with van der Waals surface area (Å²) in [6.45, 7) is 9.20. The van der Waals surface area contributed by atoms with Crippen LogP contribution < -0.4 is 25.4 Å². The lowest BCUT2D eigenvalue weighted by molar-refractivity contribution is -0.145. The van der Waals surface area contributed by atoms with Crippen molar-refractivity contribution in [3.63, 3.8) is 0 Å². The van der Waals surface area contributed by atoms with E-state index in [4.69, 9.17) is 24.2 Å². The van der Waals surface area contributed by atoms with Gasteiger partial charge in [-0.1, -0.05) is 57.9 Å². The summed E-state index contributed by atoms with van der Waals surface area (Å²) in [5, 5.41) is 22.6. The number of carbonyl (C=O) groups is 6. The van der Waals surface area contributed by atoms with Gasteiger partial charge in [0.15, 0.2) is 5.13 Å². The van der Waals surface area contributed by atoms with Gasteiger partial charge in [-0.3, -0.25) is 24.1 Å². The first-order chi connectivity index (χ1) is 31.9. The fourth-order valence-electron chi connectivity index (χ4n) is 8.93. The van der Waals surface area contributed by atoms with Gasteiger partial charge in [0, 0.05) is 46.7 Å². The van der Waals surface area contributed by atoms with Gasteiger partial charge in [0.1, 0.15) is 47.0 Å². The van der Waals surface area contributed by atoms with Crippen LogP contribution in [0.5, 0.6) is 11.5 Å². The first-order valence-electron chi connectivity index (χ1n) is 22.8. The summed E-state index contributed by atoms with van der Waals surface area (Å²) in [5.74, 6) is -2.79. The first-order valence-corrected chi connectivity index (χ1v) is 23.7. The van der Waals surface area contributed by atoms with Crippen molar-refractivity contribution in [1.29, 1.82) is 0 Å². The number of amides is 5. The van der Waals surface area contributed by atoms with Crippen molar-refractivity contribution >= 4 is 63.1 Å². The second kappa shape index (κ2) is 19.0. The van der Waals surface area contributed by atoms with Crippen LogP contribution in [0.1, 0.15) is 100 Å². The minimum atomic E-state index is -1.53. The van der Waals surface area contributed by atoms with Gasteiger partial charge in [-0.15, -0.1) is 11.3 Å². The summed E-state index contributed by atoms with van der Waals surface area (Å²) >= 11 is 1.44. The molecule has 17 nitrogen and oxygen atoms in total. The molecule has 0 bridgehead atoms. The molecule has 18 heteroatoms. The number of methoxy groups -OCH3 is 1. The van der Waals surface area contributed by atoms with Crippen molar-refractivity contribution in [1.82, 2.24) is 30.4 Å². The van der Waals surface area contributed by atoms with Gasteiger partial charge in [-0.05, 0) is 63.8 Å². The van der Waals surface area contributed by atoms with Crippen LogP contribution in [-0.4, -0.2) is 117 Å². The minimum absolute atomic E-state index is 0.00574. The molecule has 354 valence electrons. The lowest BCUT2D eigenvalue weighted by atomic mass is 9.88. The molecule has 1 saturated heterocycles. The van der Waals surface area contributed by atoms with E-state index in [2.05, 4.69) is 16.0 Å².